The summed E-state index contributed by atoms with van der Waals surface area (Å²) < 4.78 is 38.3. The second-order valence-corrected chi connectivity index (χ2v) is 8.50. The molecule has 1 aliphatic rings. The zero-order valence-corrected chi connectivity index (χ0v) is 18.9. The lowest BCUT2D eigenvalue weighted by atomic mass is 9.94. The molecule has 5 nitrogen and oxygen atoms in total. The molecule has 32 heavy (non-hydrogen) atoms. The van der Waals surface area contributed by atoms with Crippen molar-refractivity contribution in [1.82, 2.24) is 10.2 Å². The third kappa shape index (κ3) is 6.89. The van der Waals surface area contributed by atoms with Crippen LogP contribution in [0.4, 0.5) is 8.78 Å². The number of likely N-dealkylation sites (N-methyl/N-ethyl adjacent to an activating group) is 1. The minimum Gasteiger partial charge on any atom is -0.493 e. The molecule has 0 heterocycles. The van der Waals surface area contributed by atoms with Gasteiger partial charge >= 0.3 is 0 Å². The fourth-order valence-corrected chi connectivity index (χ4v) is 4.21. The molecule has 1 fully saturated rings. The number of aliphatic hydroxyl groups excluding tert-OH is 1. The van der Waals surface area contributed by atoms with E-state index >= 15 is 0 Å². The highest BCUT2D eigenvalue weighted by atomic mass is 19.2. The fourth-order valence-electron chi connectivity index (χ4n) is 4.21. The van der Waals surface area contributed by atoms with Crippen molar-refractivity contribution in [1.29, 1.82) is 0 Å². The molecule has 2 aromatic rings. The maximum Gasteiger partial charge on any atom is 0.163 e. The quantitative estimate of drug-likeness (QED) is 0.538. The summed E-state index contributed by atoms with van der Waals surface area (Å²) in [4.78, 5) is 2.24. The van der Waals surface area contributed by atoms with E-state index < -0.39 is 17.7 Å². The first-order valence-corrected chi connectivity index (χ1v) is 11.3. The van der Waals surface area contributed by atoms with E-state index in [1.54, 1.807) is 19.2 Å². The van der Waals surface area contributed by atoms with Gasteiger partial charge in [0, 0.05) is 31.2 Å². The van der Waals surface area contributed by atoms with E-state index in [1.165, 1.54) is 38.2 Å². The highest BCUT2D eigenvalue weighted by Gasteiger charge is 2.20. The van der Waals surface area contributed by atoms with Gasteiger partial charge in [0.2, 0.25) is 0 Å². The molecule has 0 saturated heterocycles. The van der Waals surface area contributed by atoms with Crippen LogP contribution in [0.25, 0.3) is 0 Å². The Morgan fingerprint density at radius 2 is 1.88 bits per heavy atom. The number of nitrogens with one attached hydrogen (secondary N) is 1. The van der Waals surface area contributed by atoms with E-state index in [2.05, 4.69) is 17.3 Å². The Morgan fingerprint density at radius 1 is 1.09 bits per heavy atom. The third-order valence-electron chi connectivity index (χ3n) is 6.03. The van der Waals surface area contributed by atoms with Crippen molar-refractivity contribution < 1.29 is 23.4 Å². The molecule has 1 saturated carbocycles. The lowest BCUT2D eigenvalue weighted by molar-refractivity contribution is 0.0553. The molecule has 3 rings (SSSR count). The van der Waals surface area contributed by atoms with Gasteiger partial charge in [0.1, 0.15) is 12.7 Å². The van der Waals surface area contributed by atoms with Crippen LogP contribution < -0.4 is 14.8 Å². The highest BCUT2D eigenvalue weighted by molar-refractivity contribution is 5.43. The molecule has 2 N–H and O–H groups in total. The van der Waals surface area contributed by atoms with Gasteiger partial charge in [-0.25, -0.2) is 8.78 Å². The first-order chi connectivity index (χ1) is 15.5. The van der Waals surface area contributed by atoms with E-state index in [0.29, 0.717) is 30.6 Å². The van der Waals surface area contributed by atoms with Crippen LogP contribution in [0.1, 0.15) is 43.2 Å². The molecule has 2 aromatic carbocycles. The van der Waals surface area contributed by atoms with Gasteiger partial charge < -0.3 is 24.8 Å². The van der Waals surface area contributed by atoms with Gasteiger partial charge in [-0.05, 0) is 43.7 Å². The van der Waals surface area contributed by atoms with Gasteiger partial charge in [0.25, 0.3) is 0 Å². The molecule has 0 bridgehead atoms. The van der Waals surface area contributed by atoms with Crippen LogP contribution in [-0.4, -0.2) is 49.5 Å². The van der Waals surface area contributed by atoms with Crippen molar-refractivity contribution in [3.05, 3.63) is 59.2 Å². The molecule has 0 aliphatic heterocycles. The van der Waals surface area contributed by atoms with Crippen LogP contribution in [0.15, 0.2) is 36.4 Å². The van der Waals surface area contributed by atoms with Crippen molar-refractivity contribution in [2.75, 3.05) is 27.3 Å². The van der Waals surface area contributed by atoms with E-state index in [9.17, 15) is 13.9 Å². The zero-order chi connectivity index (χ0) is 22.9. The summed E-state index contributed by atoms with van der Waals surface area (Å²) in [5, 5.41) is 13.5. The average molecular weight is 449 g/mol. The molecule has 0 aromatic heterocycles. The average Bonchev–Trinajstić information content (AvgIpc) is 2.81. The molecule has 1 atom stereocenters. The Kier molecular flexibility index (Phi) is 9.26. The number of hydrogen-bond acceptors (Lipinski definition) is 5. The van der Waals surface area contributed by atoms with Gasteiger partial charge in [-0.15, -0.1) is 0 Å². The van der Waals surface area contributed by atoms with E-state index in [-0.39, 0.29) is 18.7 Å². The summed E-state index contributed by atoms with van der Waals surface area (Å²) >= 11 is 0. The molecule has 0 spiro atoms. The van der Waals surface area contributed by atoms with Gasteiger partial charge in [0.05, 0.1) is 7.11 Å². The zero-order valence-electron chi connectivity index (χ0n) is 18.9. The predicted molar refractivity (Wildman–Crippen MR) is 121 cm³/mol. The number of hydrogen-bond donors (Lipinski definition) is 2. The van der Waals surface area contributed by atoms with E-state index in [4.69, 9.17) is 9.47 Å². The van der Waals surface area contributed by atoms with Crippen LogP contribution in [-0.2, 0) is 13.1 Å². The number of rotatable bonds is 11. The lowest BCUT2D eigenvalue weighted by Crippen LogP contribution is -2.40. The topological polar surface area (TPSA) is 54.0 Å². The Morgan fingerprint density at radius 3 is 2.62 bits per heavy atom. The number of methoxy groups -OCH3 is 1. The van der Waals surface area contributed by atoms with Crippen LogP contribution in [0.5, 0.6) is 11.5 Å². The van der Waals surface area contributed by atoms with E-state index in [1.807, 2.05) is 12.1 Å². The molecule has 0 amide bonds. The van der Waals surface area contributed by atoms with Crippen LogP contribution in [0, 0.1) is 11.6 Å². The first kappa shape index (κ1) is 24.4. The largest absolute Gasteiger partial charge is 0.493 e. The molecular weight excluding hydrogens is 414 g/mol. The number of halogens is 2. The SMILES string of the molecule is COc1cc(CNCc2cccc(F)c2F)ccc1OCC(O)CN(C)C1CCCCC1. The van der Waals surface area contributed by atoms with E-state index in [0.717, 1.165) is 11.6 Å². The van der Waals surface area contributed by atoms with Crippen molar-refractivity contribution >= 4 is 0 Å². The van der Waals surface area contributed by atoms with Gasteiger partial charge in [0.15, 0.2) is 23.1 Å². The normalized spacial score (nSPS) is 15.7. The number of ether oxygens (including phenoxy) is 2. The standard InChI is InChI=1S/C25H34F2N2O3/c1-29(20-8-4-3-5-9-20)16-21(30)17-32-23-12-11-18(13-24(23)31-2)14-28-15-19-7-6-10-22(26)25(19)27/h6-7,10-13,20-21,28,30H,3-5,8-9,14-17H2,1-2H3. The Balaban J connectivity index is 1.48. The summed E-state index contributed by atoms with van der Waals surface area (Å²) in [6.07, 6.45) is 5.63. The molecular formula is C25H34F2N2O3. The second kappa shape index (κ2) is 12.1. The Hall–Kier alpha value is -2.22. The Labute approximate surface area is 189 Å². The van der Waals surface area contributed by atoms with Crippen LogP contribution >= 0.6 is 0 Å². The minimum atomic E-state index is -0.848. The summed E-state index contributed by atoms with van der Waals surface area (Å²) in [6.45, 7) is 1.43. The van der Waals surface area contributed by atoms with Gasteiger partial charge in [-0.2, -0.15) is 0 Å². The van der Waals surface area contributed by atoms with Crippen molar-refractivity contribution in [2.24, 2.45) is 0 Å². The second-order valence-electron chi connectivity index (χ2n) is 8.50. The predicted octanol–water partition coefficient (Wildman–Crippen LogP) is 4.27. The molecule has 0 radical (unpaired) electrons. The maximum absolute atomic E-state index is 13.8. The first-order valence-electron chi connectivity index (χ1n) is 11.3. The smallest absolute Gasteiger partial charge is 0.163 e. The summed E-state index contributed by atoms with van der Waals surface area (Å²) in [5.41, 5.74) is 1.20. The number of aliphatic hydroxyl groups is 1. The Bertz CT molecular complexity index is 859. The summed E-state index contributed by atoms with van der Waals surface area (Å²) in [5.74, 6) is -0.547. The molecule has 176 valence electrons. The molecule has 1 unspecified atom stereocenters. The van der Waals surface area contributed by atoms with Crippen molar-refractivity contribution in [3.63, 3.8) is 0 Å². The summed E-state index contributed by atoms with van der Waals surface area (Å²) in [6, 6.07) is 10.2. The van der Waals surface area contributed by atoms with Crippen LogP contribution in [0.2, 0.25) is 0 Å². The lowest BCUT2D eigenvalue weighted by Gasteiger charge is -2.32. The fraction of sp³-hybridized carbons (Fsp3) is 0.520. The monoisotopic (exact) mass is 448 g/mol. The van der Waals surface area contributed by atoms with Gasteiger partial charge in [-0.1, -0.05) is 37.5 Å². The number of benzene rings is 2. The minimum absolute atomic E-state index is 0.184. The van der Waals surface area contributed by atoms with Gasteiger partial charge in [-0.3, -0.25) is 0 Å². The highest BCUT2D eigenvalue weighted by Crippen LogP contribution is 2.28. The molecule has 1 aliphatic carbocycles. The van der Waals surface area contributed by atoms with Crippen molar-refractivity contribution in [2.45, 2.75) is 57.3 Å². The number of nitrogens with zero attached hydrogens (tertiary/aromatic N) is 1. The summed E-state index contributed by atoms with van der Waals surface area (Å²) in [7, 11) is 3.63. The van der Waals surface area contributed by atoms with Crippen molar-refractivity contribution in [3.8, 4) is 11.5 Å². The maximum atomic E-state index is 13.8. The third-order valence-corrected chi connectivity index (χ3v) is 6.03. The molecule has 7 heteroatoms. The van der Waals surface area contributed by atoms with Crippen LogP contribution in [0.3, 0.4) is 0 Å².